The molecule has 1 amide bonds. The van der Waals surface area contributed by atoms with Gasteiger partial charge in [0.2, 0.25) is 0 Å². The number of fused-ring (bicyclic) bond motifs is 4. The van der Waals surface area contributed by atoms with E-state index in [1.807, 2.05) is 54.2 Å². The van der Waals surface area contributed by atoms with E-state index in [2.05, 4.69) is 48.7 Å². The molecule has 2 saturated heterocycles. The van der Waals surface area contributed by atoms with Crippen molar-refractivity contribution in [3.63, 3.8) is 0 Å². The van der Waals surface area contributed by atoms with Crippen LogP contribution < -0.4 is 4.90 Å². The fraction of sp³-hybridized carbons (Fsp3) is 0.351. The molecule has 46 heavy (non-hydrogen) atoms. The molecule has 2 aliphatic heterocycles. The molecular weight excluding hydrogens is 577 g/mol. The van der Waals surface area contributed by atoms with Gasteiger partial charge in [-0.2, -0.15) is 10.4 Å². The maximum atomic E-state index is 17.2. The van der Waals surface area contributed by atoms with E-state index in [1.54, 1.807) is 17.9 Å². The first-order valence-electron chi connectivity index (χ1n) is 15.7. The van der Waals surface area contributed by atoms with Crippen LogP contribution in [0.15, 0.2) is 48.7 Å². The molecule has 0 bridgehead atoms. The van der Waals surface area contributed by atoms with Gasteiger partial charge in [0.05, 0.1) is 40.3 Å². The van der Waals surface area contributed by atoms with Crippen LogP contribution in [-0.4, -0.2) is 76.3 Å². The number of nitrogens with zero attached hydrogens (tertiary/aromatic N) is 7. The minimum absolute atomic E-state index is 0.0205. The lowest BCUT2D eigenvalue weighted by Crippen LogP contribution is -2.67. The first kappa shape index (κ1) is 29.7. The maximum Gasteiger partial charge on any atom is 0.298 e. The summed E-state index contributed by atoms with van der Waals surface area (Å²) in [5, 5.41) is 18.1. The van der Waals surface area contributed by atoms with Gasteiger partial charge in [0.15, 0.2) is 5.82 Å². The lowest BCUT2D eigenvalue weighted by Gasteiger charge is -2.52. The molecule has 0 N–H and O–H groups in total. The minimum Gasteiger partial charge on any atom is -0.352 e. The normalized spacial score (nSPS) is 16.5. The fourth-order valence-corrected chi connectivity index (χ4v) is 7.22. The van der Waals surface area contributed by atoms with Crippen LogP contribution in [0.5, 0.6) is 0 Å². The summed E-state index contributed by atoms with van der Waals surface area (Å²) in [4.78, 5) is 23.7. The van der Waals surface area contributed by atoms with Crippen molar-refractivity contribution >= 4 is 44.3 Å². The first-order chi connectivity index (χ1) is 22.1. The molecule has 0 atom stereocenters. The summed E-state index contributed by atoms with van der Waals surface area (Å²) in [6.45, 7) is 8.50. The van der Waals surface area contributed by atoms with Gasteiger partial charge in [0, 0.05) is 42.5 Å². The largest absolute Gasteiger partial charge is 0.352 e. The zero-order valence-corrected chi connectivity index (χ0v) is 26.9. The van der Waals surface area contributed by atoms with E-state index in [1.165, 1.54) is 0 Å². The highest BCUT2D eigenvalue weighted by atomic mass is 19.1. The number of carbonyl (C=O) groups excluding carboxylic acids is 1. The summed E-state index contributed by atoms with van der Waals surface area (Å²) >= 11 is 0. The molecule has 2 aromatic heterocycles. The van der Waals surface area contributed by atoms with Crippen molar-refractivity contribution in [2.45, 2.75) is 45.2 Å². The second-order valence-corrected chi connectivity index (χ2v) is 13.0. The van der Waals surface area contributed by atoms with Gasteiger partial charge in [-0.15, -0.1) is 0 Å². The summed E-state index contributed by atoms with van der Waals surface area (Å²) in [7, 11) is 4.16. The number of likely N-dealkylation sites (tertiary alicyclic amines) is 1. The summed E-state index contributed by atoms with van der Waals surface area (Å²) in [5.74, 6) is 5.53. The highest BCUT2D eigenvalue weighted by Gasteiger charge is 2.42. The number of hydrogen-bond donors (Lipinski definition) is 0. The molecule has 0 radical (unpaired) electrons. The molecule has 0 unspecified atom stereocenters. The highest BCUT2D eigenvalue weighted by molar-refractivity contribution is 6.11. The topological polar surface area (TPSA) is 81.3 Å². The van der Waals surface area contributed by atoms with E-state index in [0.29, 0.717) is 40.7 Å². The van der Waals surface area contributed by atoms with Crippen LogP contribution in [-0.2, 0) is 4.79 Å². The van der Waals surface area contributed by atoms with Gasteiger partial charge in [-0.1, -0.05) is 36.3 Å². The van der Waals surface area contributed by atoms with Gasteiger partial charge < -0.3 is 14.7 Å². The Labute approximate surface area is 268 Å². The highest BCUT2D eigenvalue weighted by Crippen LogP contribution is 2.43. The number of halogens is 1. The van der Waals surface area contributed by atoms with Gasteiger partial charge in [0.25, 0.3) is 5.91 Å². The predicted octanol–water partition coefficient (Wildman–Crippen LogP) is 6.05. The molecule has 2 aliphatic rings. The molecule has 4 heterocycles. The molecule has 232 valence electrons. The minimum atomic E-state index is -0.402. The Morgan fingerprint density at radius 2 is 1.83 bits per heavy atom. The number of piperidine rings is 1. The second kappa shape index (κ2) is 11.1. The van der Waals surface area contributed by atoms with Gasteiger partial charge in [-0.05, 0) is 82.3 Å². The van der Waals surface area contributed by atoms with E-state index in [0.717, 1.165) is 59.0 Å². The molecule has 0 spiro atoms. The molecular formula is C37H36FN7O. The third-order valence-electron chi connectivity index (χ3n) is 10.0. The van der Waals surface area contributed by atoms with E-state index < -0.39 is 5.82 Å². The van der Waals surface area contributed by atoms with Gasteiger partial charge >= 0.3 is 0 Å². The summed E-state index contributed by atoms with van der Waals surface area (Å²) in [5.41, 5.74) is 3.54. The molecule has 2 fully saturated rings. The van der Waals surface area contributed by atoms with Crippen molar-refractivity contribution in [1.82, 2.24) is 24.6 Å². The number of anilines is 1. The zero-order valence-electron chi connectivity index (χ0n) is 26.9. The van der Waals surface area contributed by atoms with E-state index >= 15 is 4.39 Å². The Kier molecular flexibility index (Phi) is 7.18. The van der Waals surface area contributed by atoms with Crippen LogP contribution >= 0.6 is 0 Å². The van der Waals surface area contributed by atoms with Crippen molar-refractivity contribution in [3.05, 3.63) is 65.6 Å². The number of carbonyl (C=O) groups is 1. The number of likely N-dealkylation sites (N-methyl/N-ethyl adjacent to an activating group) is 1. The molecule has 9 heteroatoms. The lowest BCUT2D eigenvalue weighted by molar-refractivity contribution is -0.126. The number of aryl methyl sites for hydroxylation is 1. The maximum absolute atomic E-state index is 17.2. The third-order valence-corrected chi connectivity index (χ3v) is 10.0. The van der Waals surface area contributed by atoms with Crippen LogP contribution in [0.1, 0.15) is 43.9 Å². The Hall–Kier alpha value is -4.99. The number of rotatable bonds is 4. The van der Waals surface area contributed by atoms with Crippen LogP contribution in [0, 0.1) is 35.9 Å². The number of nitriles is 1. The lowest BCUT2D eigenvalue weighted by atomic mass is 9.89. The number of hydrogen-bond acceptors (Lipinski definition) is 6. The number of pyridine rings is 1. The Morgan fingerprint density at radius 3 is 2.50 bits per heavy atom. The Balaban J connectivity index is 1.43. The van der Waals surface area contributed by atoms with Crippen LogP contribution in [0.2, 0.25) is 0 Å². The molecule has 3 aromatic carbocycles. The van der Waals surface area contributed by atoms with E-state index in [4.69, 9.17) is 10.1 Å². The number of amides is 1. The molecule has 0 saturated carbocycles. The van der Waals surface area contributed by atoms with Crippen LogP contribution in [0.3, 0.4) is 0 Å². The van der Waals surface area contributed by atoms with E-state index in [9.17, 15) is 10.1 Å². The third kappa shape index (κ3) is 4.57. The summed E-state index contributed by atoms with van der Waals surface area (Å²) in [6, 6.07) is 15.7. The summed E-state index contributed by atoms with van der Waals surface area (Å²) in [6.07, 6.45) is 3.32. The van der Waals surface area contributed by atoms with Crippen molar-refractivity contribution in [2.24, 2.45) is 0 Å². The average Bonchev–Trinajstić information content (AvgIpc) is 3.49. The monoisotopic (exact) mass is 613 g/mol. The van der Waals surface area contributed by atoms with Crippen molar-refractivity contribution in [3.8, 4) is 29.0 Å². The first-order valence-corrected chi connectivity index (χ1v) is 15.7. The molecule has 5 aromatic rings. The SMILES string of the molecule is CC#CC(=O)N1CCC(n2ncc3c(N4CC(C)(N(C)C)C4)nc4c(F)c(-c5cccc6cccc(C#N)c56)c(C)cc4c32)CC1. The predicted molar refractivity (Wildman–Crippen MR) is 180 cm³/mol. The van der Waals surface area contributed by atoms with Crippen molar-refractivity contribution < 1.29 is 9.18 Å². The van der Waals surface area contributed by atoms with Crippen molar-refractivity contribution in [2.75, 3.05) is 45.2 Å². The fourth-order valence-electron chi connectivity index (χ4n) is 7.22. The van der Waals surface area contributed by atoms with Gasteiger partial charge in [0.1, 0.15) is 11.3 Å². The molecule has 0 aliphatic carbocycles. The zero-order chi connectivity index (χ0) is 32.3. The quantitative estimate of drug-likeness (QED) is 0.230. The number of aromatic nitrogens is 3. The molecule has 8 nitrogen and oxygen atoms in total. The standard InChI is InChI=1S/C37H36FN7O/c1-6-9-30(46)43-16-14-26(15-17-43)45-35-28-18-23(2)31(27-13-8-11-24-10-7-12-25(19-39)32(24)27)33(38)34(28)41-36(29(35)20-40-45)44-21-37(3,22-44)42(4)5/h7-8,10-13,18,20,26H,14-17,21-22H2,1-5H3. The van der Waals surface area contributed by atoms with Crippen molar-refractivity contribution in [1.29, 1.82) is 5.26 Å². The van der Waals surface area contributed by atoms with Gasteiger partial charge in [-0.3, -0.25) is 9.48 Å². The second-order valence-electron chi connectivity index (χ2n) is 13.0. The smallest absolute Gasteiger partial charge is 0.298 e. The Morgan fingerprint density at radius 1 is 1.11 bits per heavy atom. The van der Waals surface area contributed by atoms with E-state index in [-0.39, 0.29) is 17.5 Å². The molecule has 7 rings (SSSR count). The van der Waals surface area contributed by atoms with Gasteiger partial charge in [-0.25, -0.2) is 9.37 Å². The van der Waals surface area contributed by atoms with Crippen LogP contribution in [0.25, 0.3) is 43.7 Å². The van der Waals surface area contributed by atoms with Crippen LogP contribution in [0.4, 0.5) is 10.2 Å². The number of benzene rings is 3. The average molecular weight is 614 g/mol. The summed E-state index contributed by atoms with van der Waals surface area (Å²) < 4.78 is 19.2. The Bertz CT molecular complexity index is 2150.